The van der Waals surface area contributed by atoms with Gasteiger partial charge < -0.3 is 9.84 Å². The fourth-order valence-corrected chi connectivity index (χ4v) is 2.17. The number of benzene rings is 2. The number of carbonyl (C=O) groups excluding carboxylic acids is 1. The molecule has 1 N–H and O–H groups in total. The molecule has 24 heavy (non-hydrogen) atoms. The molecule has 0 aliphatic rings. The van der Waals surface area contributed by atoms with Crippen molar-refractivity contribution in [3.8, 4) is 11.5 Å². The highest BCUT2D eigenvalue weighted by atomic mass is 19.4. The highest BCUT2D eigenvalue weighted by molar-refractivity contribution is 6.06. The first-order valence-corrected chi connectivity index (χ1v) is 7.04. The van der Waals surface area contributed by atoms with E-state index in [4.69, 9.17) is 0 Å². The Morgan fingerprint density at radius 2 is 1.62 bits per heavy atom. The number of ketones is 1. The van der Waals surface area contributed by atoms with Crippen LogP contribution in [0.25, 0.3) is 6.08 Å². The van der Waals surface area contributed by atoms with Crippen LogP contribution in [0.5, 0.6) is 11.5 Å². The number of phenols is 1. The highest BCUT2D eigenvalue weighted by Crippen LogP contribution is 2.24. The maximum absolute atomic E-state index is 12.1. The molecule has 0 saturated heterocycles. The van der Waals surface area contributed by atoms with Gasteiger partial charge in [-0.15, -0.1) is 13.2 Å². The maximum Gasteiger partial charge on any atom is 0.573 e. The van der Waals surface area contributed by atoms with Crippen LogP contribution in [-0.4, -0.2) is 17.3 Å². The second kappa shape index (κ2) is 6.78. The largest absolute Gasteiger partial charge is 0.573 e. The Bertz CT molecular complexity index is 752. The first kappa shape index (κ1) is 17.6. The number of ether oxygens (including phenoxy) is 1. The topological polar surface area (TPSA) is 46.5 Å². The van der Waals surface area contributed by atoms with Crippen molar-refractivity contribution in [1.82, 2.24) is 0 Å². The Labute approximate surface area is 137 Å². The monoisotopic (exact) mass is 336 g/mol. The predicted molar refractivity (Wildman–Crippen MR) is 84.1 cm³/mol. The first-order chi connectivity index (χ1) is 11.2. The zero-order chi connectivity index (χ0) is 17.9. The summed E-state index contributed by atoms with van der Waals surface area (Å²) in [6, 6.07) is 8.16. The lowest BCUT2D eigenvalue weighted by molar-refractivity contribution is -0.274. The molecule has 0 aliphatic heterocycles. The Balaban J connectivity index is 2.12. The molecule has 0 bridgehead atoms. The third-order valence-electron chi connectivity index (χ3n) is 3.31. The quantitative estimate of drug-likeness (QED) is 0.644. The number of hydrogen-bond acceptors (Lipinski definition) is 3. The van der Waals surface area contributed by atoms with Gasteiger partial charge in [-0.25, -0.2) is 0 Å². The number of carbonyl (C=O) groups is 1. The van der Waals surface area contributed by atoms with Gasteiger partial charge in [0.25, 0.3) is 0 Å². The summed E-state index contributed by atoms with van der Waals surface area (Å²) in [6.45, 7) is 3.50. The number of allylic oxidation sites excluding steroid dienone is 1. The second-order valence-corrected chi connectivity index (χ2v) is 5.27. The molecule has 0 saturated carbocycles. The lowest BCUT2D eigenvalue weighted by atomic mass is 10.0. The molecule has 0 radical (unpaired) electrons. The minimum absolute atomic E-state index is 0.207. The standard InChI is InChI=1S/C18H15F3O3/c1-11-9-13(10-12(2)17(11)23)3-8-16(22)14-4-6-15(7-5-14)24-18(19,20)21/h3-10,23H,1-2H3. The Hall–Kier alpha value is -2.76. The SMILES string of the molecule is Cc1cc(C=CC(=O)c2ccc(OC(F)(F)F)cc2)cc(C)c1O. The number of aromatic hydroxyl groups is 1. The summed E-state index contributed by atoms with van der Waals surface area (Å²) < 4.78 is 40.0. The molecule has 3 nitrogen and oxygen atoms in total. The molecule has 0 fully saturated rings. The molecular weight excluding hydrogens is 321 g/mol. The van der Waals surface area contributed by atoms with E-state index in [9.17, 15) is 23.1 Å². The van der Waals surface area contributed by atoms with Crippen molar-refractivity contribution < 1.29 is 27.8 Å². The van der Waals surface area contributed by atoms with E-state index in [0.717, 1.165) is 17.7 Å². The molecule has 0 amide bonds. The fraction of sp³-hybridized carbons (Fsp3) is 0.167. The molecule has 2 rings (SSSR count). The van der Waals surface area contributed by atoms with Crippen LogP contribution < -0.4 is 4.74 Å². The van der Waals surface area contributed by atoms with E-state index in [1.807, 2.05) is 0 Å². The van der Waals surface area contributed by atoms with Crippen LogP contribution in [0.4, 0.5) is 13.2 Å². The van der Waals surface area contributed by atoms with Gasteiger partial charge in [0.15, 0.2) is 5.78 Å². The van der Waals surface area contributed by atoms with Crippen molar-refractivity contribution in [2.75, 3.05) is 0 Å². The van der Waals surface area contributed by atoms with E-state index in [2.05, 4.69) is 4.74 Å². The molecule has 0 spiro atoms. The number of phenolic OH excluding ortho intramolecular Hbond substituents is 1. The third kappa shape index (κ3) is 4.62. The zero-order valence-electron chi connectivity index (χ0n) is 13.0. The molecule has 0 unspecified atom stereocenters. The van der Waals surface area contributed by atoms with Crippen LogP contribution in [0.3, 0.4) is 0 Å². The van der Waals surface area contributed by atoms with Crippen LogP contribution in [0.2, 0.25) is 0 Å². The van der Waals surface area contributed by atoms with E-state index in [1.54, 1.807) is 32.1 Å². The number of aryl methyl sites for hydroxylation is 2. The molecule has 0 heterocycles. The smallest absolute Gasteiger partial charge is 0.507 e. The average molecular weight is 336 g/mol. The molecule has 6 heteroatoms. The number of halogens is 3. The van der Waals surface area contributed by atoms with Gasteiger partial charge in [0.2, 0.25) is 0 Å². The lowest BCUT2D eigenvalue weighted by Gasteiger charge is -2.08. The van der Waals surface area contributed by atoms with E-state index in [1.165, 1.54) is 18.2 Å². The second-order valence-electron chi connectivity index (χ2n) is 5.27. The molecule has 0 aromatic heterocycles. The molecule has 0 atom stereocenters. The van der Waals surface area contributed by atoms with Crippen molar-refractivity contribution >= 4 is 11.9 Å². The molecule has 126 valence electrons. The first-order valence-electron chi connectivity index (χ1n) is 7.04. The van der Waals surface area contributed by atoms with Gasteiger partial charge in [-0.2, -0.15) is 0 Å². The summed E-state index contributed by atoms with van der Waals surface area (Å²) >= 11 is 0. The maximum atomic E-state index is 12.1. The number of hydrogen-bond donors (Lipinski definition) is 1. The number of rotatable bonds is 4. The fourth-order valence-electron chi connectivity index (χ4n) is 2.17. The summed E-state index contributed by atoms with van der Waals surface area (Å²) in [6.07, 6.45) is -1.85. The van der Waals surface area contributed by atoms with Gasteiger partial charge in [-0.05, 0) is 73.0 Å². The molecule has 2 aromatic rings. The zero-order valence-corrected chi connectivity index (χ0v) is 13.0. The van der Waals surface area contributed by atoms with Crippen LogP contribution >= 0.6 is 0 Å². The summed E-state index contributed by atoms with van der Waals surface area (Å²) in [5.74, 6) is -0.525. The predicted octanol–water partition coefficient (Wildman–Crippen LogP) is 4.80. The molecular formula is C18H15F3O3. The van der Waals surface area contributed by atoms with Crippen LogP contribution in [0, 0.1) is 13.8 Å². The van der Waals surface area contributed by atoms with Gasteiger partial charge in [0, 0.05) is 5.56 Å². The lowest BCUT2D eigenvalue weighted by Crippen LogP contribution is -2.17. The summed E-state index contributed by atoms with van der Waals surface area (Å²) in [7, 11) is 0. The van der Waals surface area contributed by atoms with Crippen LogP contribution in [-0.2, 0) is 0 Å². The Morgan fingerprint density at radius 1 is 1.08 bits per heavy atom. The minimum Gasteiger partial charge on any atom is -0.507 e. The van der Waals surface area contributed by atoms with Crippen molar-refractivity contribution in [2.45, 2.75) is 20.2 Å². The molecule has 2 aromatic carbocycles. The van der Waals surface area contributed by atoms with Gasteiger partial charge in [0.05, 0.1) is 0 Å². The molecule has 0 aliphatic carbocycles. The van der Waals surface area contributed by atoms with Crippen molar-refractivity contribution in [2.24, 2.45) is 0 Å². The van der Waals surface area contributed by atoms with E-state index in [0.29, 0.717) is 11.1 Å². The van der Waals surface area contributed by atoms with Crippen LogP contribution in [0.15, 0.2) is 42.5 Å². The van der Waals surface area contributed by atoms with Gasteiger partial charge in [-0.1, -0.05) is 6.08 Å². The normalized spacial score (nSPS) is 11.7. The van der Waals surface area contributed by atoms with Gasteiger partial charge in [-0.3, -0.25) is 4.79 Å². The van der Waals surface area contributed by atoms with Crippen molar-refractivity contribution in [3.05, 3.63) is 64.7 Å². The van der Waals surface area contributed by atoms with Crippen molar-refractivity contribution in [3.63, 3.8) is 0 Å². The van der Waals surface area contributed by atoms with Gasteiger partial charge in [0.1, 0.15) is 11.5 Å². The van der Waals surface area contributed by atoms with E-state index < -0.39 is 6.36 Å². The Kier molecular flexibility index (Phi) is 4.97. The number of alkyl halides is 3. The van der Waals surface area contributed by atoms with Crippen molar-refractivity contribution in [1.29, 1.82) is 0 Å². The average Bonchev–Trinajstić information content (AvgIpc) is 2.49. The highest BCUT2D eigenvalue weighted by Gasteiger charge is 2.30. The summed E-state index contributed by atoms with van der Waals surface area (Å²) in [5, 5.41) is 9.71. The summed E-state index contributed by atoms with van der Waals surface area (Å²) in [5.41, 5.74) is 2.37. The minimum atomic E-state index is -4.76. The Morgan fingerprint density at radius 3 is 2.12 bits per heavy atom. The third-order valence-corrected chi connectivity index (χ3v) is 3.31. The van der Waals surface area contributed by atoms with E-state index in [-0.39, 0.29) is 22.8 Å². The van der Waals surface area contributed by atoms with E-state index >= 15 is 0 Å². The van der Waals surface area contributed by atoms with Gasteiger partial charge >= 0.3 is 6.36 Å². The van der Waals surface area contributed by atoms with Crippen LogP contribution in [0.1, 0.15) is 27.0 Å². The summed E-state index contributed by atoms with van der Waals surface area (Å²) in [4.78, 5) is 12.1.